The number of benzene rings is 2. The van der Waals surface area contributed by atoms with Gasteiger partial charge in [-0.05, 0) is 66.7 Å². The highest BCUT2D eigenvalue weighted by molar-refractivity contribution is 7.81. The van der Waals surface area contributed by atoms with Crippen molar-refractivity contribution < 1.29 is 9.00 Å². The van der Waals surface area contributed by atoms with Crippen molar-refractivity contribution in [2.45, 2.75) is 12.3 Å². The van der Waals surface area contributed by atoms with Gasteiger partial charge in [-0.15, -0.1) is 0 Å². The molecule has 1 unspecified atom stereocenters. The summed E-state index contributed by atoms with van der Waals surface area (Å²) in [6.45, 7) is 0.500. The lowest BCUT2D eigenvalue weighted by Crippen LogP contribution is -2.16. The number of hydrogen-bond acceptors (Lipinski definition) is 6. The predicted octanol–water partition coefficient (Wildman–Crippen LogP) is 4.32. The van der Waals surface area contributed by atoms with E-state index in [1.54, 1.807) is 36.9 Å². The second-order valence-electron chi connectivity index (χ2n) is 8.37. The van der Waals surface area contributed by atoms with Crippen molar-refractivity contribution in [3.63, 3.8) is 0 Å². The van der Waals surface area contributed by atoms with Gasteiger partial charge in [0.25, 0.3) is 5.91 Å². The van der Waals surface area contributed by atoms with Crippen LogP contribution >= 0.6 is 0 Å². The summed E-state index contributed by atoms with van der Waals surface area (Å²) in [5.74, 6) is 0.466. The third-order valence-electron chi connectivity index (χ3n) is 5.52. The zero-order chi connectivity index (χ0) is 25.5. The van der Waals surface area contributed by atoms with Gasteiger partial charge in [0.2, 0.25) is 0 Å². The molecule has 0 saturated heterocycles. The Morgan fingerprint density at radius 3 is 2.42 bits per heavy atom. The molecule has 36 heavy (non-hydrogen) atoms. The topological polar surface area (TPSA) is 113 Å². The number of rotatable bonds is 10. The third kappa shape index (κ3) is 6.53. The molecule has 1 atom stereocenters. The van der Waals surface area contributed by atoms with Crippen LogP contribution in [0.2, 0.25) is 0 Å². The van der Waals surface area contributed by atoms with Gasteiger partial charge in [0.15, 0.2) is 0 Å². The molecule has 1 amide bonds. The number of aromatic nitrogens is 2. The molecule has 4 N–H and O–H groups in total. The number of hydrogen-bond donors (Lipinski definition) is 3. The number of carbonyl (C=O) groups is 1. The van der Waals surface area contributed by atoms with Crippen molar-refractivity contribution in [3.8, 4) is 11.1 Å². The molecule has 0 bridgehead atoms. The summed E-state index contributed by atoms with van der Waals surface area (Å²) >= 11 is 0. The molecule has 184 valence electrons. The molecule has 0 spiro atoms. The largest absolute Gasteiger partial charge is 0.380 e. The molecule has 0 aliphatic rings. The lowest BCUT2D eigenvalue weighted by atomic mass is 10.0. The first-order valence-electron chi connectivity index (χ1n) is 11.3. The second-order valence-corrected chi connectivity index (χ2v) is 10.0. The van der Waals surface area contributed by atoms with Crippen molar-refractivity contribution in [1.82, 2.24) is 14.3 Å². The van der Waals surface area contributed by atoms with Crippen molar-refractivity contribution in [2.24, 2.45) is 5.73 Å². The van der Waals surface area contributed by atoms with E-state index >= 15 is 0 Å². The summed E-state index contributed by atoms with van der Waals surface area (Å²) in [4.78, 5) is 20.4. The van der Waals surface area contributed by atoms with E-state index < -0.39 is 16.9 Å². The van der Waals surface area contributed by atoms with Crippen LogP contribution < -0.4 is 16.4 Å². The number of pyridine rings is 2. The molecule has 9 heteroatoms. The van der Waals surface area contributed by atoms with Gasteiger partial charge in [-0.2, -0.15) is 0 Å². The van der Waals surface area contributed by atoms with E-state index in [2.05, 4.69) is 26.7 Å². The molecule has 8 nitrogen and oxygen atoms in total. The Labute approximate surface area is 213 Å². The van der Waals surface area contributed by atoms with E-state index in [-0.39, 0.29) is 0 Å². The van der Waals surface area contributed by atoms with Gasteiger partial charge in [0.1, 0.15) is 5.82 Å². The number of nitrogens with one attached hydrogen (secondary N) is 2. The van der Waals surface area contributed by atoms with Crippen LogP contribution in [0.5, 0.6) is 0 Å². The van der Waals surface area contributed by atoms with Crippen molar-refractivity contribution >= 4 is 34.1 Å². The number of nitrogens with zero attached hydrogens (tertiary/aromatic N) is 3. The molecule has 4 aromatic rings. The standard InChI is InChI=1S/C27H28N6O2S/c1-33(2)36(35)18-19-6-8-23(9-7-19)32-26-15-25(24(17-31-26)27(28)34)30-16-20-4-3-5-22(14-20)21-10-12-29-13-11-21/h3-15,17H,16,18H2,1-2H3,(H2,28,34)(H2,30,31,32). The normalized spacial score (nSPS) is 11.8. The third-order valence-corrected chi connectivity index (χ3v) is 6.91. The Balaban J connectivity index is 1.48. The molecule has 2 aromatic carbocycles. The van der Waals surface area contributed by atoms with Crippen LogP contribution in [0.25, 0.3) is 11.1 Å². The lowest BCUT2D eigenvalue weighted by molar-refractivity contribution is 0.100. The average molecular weight is 501 g/mol. The number of anilines is 3. The fraction of sp³-hybridized carbons (Fsp3) is 0.148. The van der Waals surface area contributed by atoms with Crippen LogP contribution in [0.15, 0.2) is 85.3 Å². The van der Waals surface area contributed by atoms with Crippen molar-refractivity contribution in [2.75, 3.05) is 24.7 Å². The van der Waals surface area contributed by atoms with Gasteiger partial charge in [0, 0.05) is 36.9 Å². The zero-order valence-electron chi connectivity index (χ0n) is 20.1. The minimum atomic E-state index is -1.06. The Morgan fingerprint density at radius 2 is 1.72 bits per heavy atom. The zero-order valence-corrected chi connectivity index (χ0v) is 21.0. The minimum absolute atomic E-state index is 0.312. The summed E-state index contributed by atoms with van der Waals surface area (Å²) in [6.07, 6.45) is 5.00. The van der Waals surface area contributed by atoms with Crippen LogP contribution in [0, 0.1) is 0 Å². The SMILES string of the molecule is CN(C)S(=O)Cc1ccc(Nc2cc(NCc3cccc(-c4ccncc4)c3)c(C(N)=O)cn2)cc1. The fourth-order valence-electron chi connectivity index (χ4n) is 3.57. The molecule has 0 aliphatic heterocycles. The van der Waals surface area contributed by atoms with Gasteiger partial charge in [0.05, 0.1) is 28.0 Å². The Kier molecular flexibility index (Phi) is 8.04. The Morgan fingerprint density at radius 1 is 0.972 bits per heavy atom. The Hall–Kier alpha value is -4.08. The van der Waals surface area contributed by atoms with E-state index in [0.717, 1.165) is 27.9 Å². The van der Waals surface area contributed by atoms with Crippen LogP contribution in [0.4, 0.5) is 17.2 Å². The maximum atomic E-state index is 12.0. The smallest absolute Gasteiger partial charge is 0.252 e. The predicted molar refractivity (Wildman–Crippen MR) is 145 cm³/mol. The van der Waals surface area contributed by atoms with Gasteiger partial charge in [-0.1, -0.05) is 30.3 Å². The summed E-state index contributed by atoms with van der Waals surface area (Å²) < 4.78 is 13.7. The number of carbonyl (C=O) groups excluding carboxylic acids is 1. The first-order chi connectivity index (χ1) is 17.4. The fourth-order valence-corrected chi connectivity index (χ4v) is 4.31. The van der Waals surface area contributed by atoms with Gasteiger partial charge in [-0.25, -0.2) is 13.5 Å². The van der Waals surface area contributed by atoms with Gasteiger partial charge < -0.3 is 16.4 Å². The summed E-state index contributed by atoms with van der Waals surface area (Å²) in [6, 6.07) is 21.5. The molecule has 0 fully saturated rings. The molecule has 2 aromatic heterocycles. The highest BCUT2D eigenvalue weighted by atomic mass is 32.2. The molecule has 4 rings (SSSR count). The first-order valence-corrected chi connectivity index (χ1v) is 12.6. The van der Waals surface area contributed by atoms with Crippen LogP contribution in [-0.2, 0) is 23.3 Å². The molecule has 2 heterocycles. The molecule has 0 aliphatic carbocycles. The number of nitrogens with two attached hydrogens (primary N) is 1. The monoisotopic (exact) mass is 500 g/mol. The molecule has 0 saturated carbocycles. The van der Waals surface area contributed by atoms with Crippen LogP contribution in [0.3, 0.4) is 0 Å². The van der Waals surface area contributed by atoms with E-state index in [4.69, 9.17) is 5.73 Å². The van der Waals surface area contributed by atoms with Gasteiger partial charge >= 0.3 is 0 Å². The number of amides is 1. The van der Waals surface area contributed by atoms with E-state index in [1.165, 1.54) is 6.20 Å². The van der Waals surface area contributed by atoms with E-state index in [9.17, 15) is 9.00 Å². The second kappa shape index (κ2) is 11.6. The van der Waals surface area contributed by atoms with Gasteiger partial charge in [-0.3, -0.25) is 9.78 Å². The van der Waals surface area contributed by atoms with Crippen LogP contribution in [-0.4, -0.2) is 38.5 Å². The average Bonchev–Trinajstić information content (AvgIpc) is 2.89. The van der Waals surface area contributed by atoms with E-state index in [0.29, 0.717) is 29.4 Å². The number of primary amides is 1. The highest BCUT2D eigenvalue weighted by Gasteiger charge is 2.11. The van der Waals surface area contributed by atoms with Crippen molar-refractivity contribution in [1.29, 1.82) is 0 Å². The first kappa shape index (κ1) is 25.0. The van der Waals surface area contributed by atoms with E-state index in [1.807, 2.05) is 54.6 Å². The highest BCUT2D eigenvalue weighted by Crippen LogP contribution is 2.24. The maximum absolute atomic E-state index is 12.0. The summed E-state index contributed by atoms with van der Waals surface area (Å²) in [5.41, 5.74) is 11.5. The summed E-state index contributed by atoms with van der Waals surface area (Å²) in [5, 5.41) is 6.57. The Bertz CT molecular complexity index is 1360. The molecule has 0 radical (unpaired) electrons. The maximum Gasteiger partial charge on any atom is 0.252 e. The lowest BCUT2D eigenvalue weighted by Gasteiger charge is -2.14. The van der Waals surface area contributed by atoms with Crippen molar-refractivity contribution in [3.05, 3.63) is 102 Å². The van der Waals surface area contributed by atoms with Crippen LogP contribution in [0.1, 0.15) is 21.5 Å². The summed E-state index contributed by atoms with van der Waals surface area (Å²) in [7, 11) is 2.51. The molecular formula is C27H28N6O2S. The quantitative estimate of drug-likeness (QED) is 0.299. The molecular weight excluding hydrogens is 472 g/mol. The minimum Gasteiger partial charge on any atom is -0.380 e.